The van der Waals surface area contributed by atoms with Crippen molar-refractivity contribution >= 4 is 23.2 Å². The lowest BCUT2D eigenvalue weighted by Crippen LogP contribution is -2.14. The standard InChI is InChI=1S/C15H16ClN3O2/c16-14-4-2-1-3-11(14)7-15(20)18-12-8-17-19(9-12)13-5-6-21-10-13/h1-4,8-9,13H,5-7,10H2,(H,18,20). The predicted molar refractivity (Wildman–Crippen MR) is 80.5 cm³/mol. The van der Waals surface area contributed by atoms with Gasteiger partial charge < -0.3 is 10.1 Å². The minimum Gasteiger partial charge on any atom is -0.379 e. The minimum absolute atomic E-state index is 0.106. The molecular weight excluding hydrogens is 290 g/mol. The van der Waals surface area contributed by atoms with Crippen molar-refractivity contribution in [2.75, 3.05) is 18.5 Å². The van der Waals surface area contributed by atoms with Gasteiger partial charge in [-0.25, -0.2) is 0 Å². The number of halogens is 1. The monoisotopic (exact) mass is 305 g/mol. The van der Waals surface area contributed by atoms with Gasteiger partial charge in [0.2, 0.25) is 5.91 Å². The van der Waals surface area contributed by atoms with Crippen LogP contribution in [0.25, 0.3) is 0 Å². The summed E-state index contributed by atoms with van der Waals surface area (Å²) in [6.07, 6.45) is 4.69. The van der Waals surface area contributed by atoms with Gasteiger partial charge in [-0.05, 0) is 18.1 Å². The largest absolute Gasteiger partial charge is 0.379 e. The van der Waals surface area contributed by atoms with Crippen molar-refractivity contribution in [2.24, 2.45) is 0 Å². The second kappa shape index (κ2) is 6.28. The zero-order valence-electron chi connectivity index (χ0n) is 11.5. The van der Waals surface area contributed by atoms with Crippen LogP contribution in [0.1, 0.15) is 18.0 Å². The van der Waals surface area contributed by atoms with Crippen molar-refractivity contribution in [3.8, 4) is 0 Å². The van der Waals surface area contributed by atoms with Crippen molar-refractivity contribution in [1.29, 1.82) is 0 Å². The van der Waals surface area contributed by atoms with Crippen LogP contribution in [0.15, 0.2) is 36.7 Å². The third-order valence-electron chi connectivity index (χ3n) is 3.47. The van der Waals surface area contributed by atoms with Crippen LogP contribution in [0.3, 0.4) is 0 Å². The molecule has 0 radical (unpaired) electrons. The van der Waals surface area contributed by atoms with E-state index in [9.17, 15) is 4.79 Å². The predicted octanol–water partition coefficient (Wildman–Crippen LogP) is 2.68. The third-order valence-corrected chi connectivity index (χ3v) is 3.84. The minimum atomic E-state index is -0.106. The summed E-state index contributed by atoms with van der Waals surface area (Å²) < 4.78 is 7.18. The molecule has 1 amide bonds. The fourth-order valence-electron chi connectivity index (χ4n) is 2.35. The molecule has 1 unspecified atom stereocenters. The van der Waals surface area contributed by atoms with Crippen molar-refractivity contribution in [3.05, 3.63) is 47.2 Å². The fourth-order valence-corrected chi connectivity index (χ4v) is 2.56. The molecule has 1 aliphatic heterocycles. The Bertz CT molecular complexity index is 635. The number of amides is 1. The summed E-state index contributed by atoms with van der Waals surface area (Å²) in [6.45, 7) is 1.44. The first kappa shape index (κ1) is 14.1. The molecule has 2 heterocycles. The Morgan fingerprint density at radius 2 is 2.33 bits per heavy atom. The van der Waals surface area contributed by atoms with Gasteiger partial charge in [-0.15, -0.1) is 0 Å². The van der Waals surface area contributed by atoms with Gasteiger partial charge in [0.25, 0.3) is 0 Å². The first-order valence-electron chi connectivity index (χ1n) is 6.87. The number of nitrogens with one attached hydrogen (secondary N) is 1. The highest BCUT2D eigenvalue weighted by Crippen LogP contribution is 2.20. The number of hydrogen-bond donors (Lipinski definition) is 1. The van der Waals surface area contributed by atoms with E-state index in [4.69, 9.17) is 16.3 Å². The molecule has 3 rings (SSSR count). The molecule has 0 saturated carbocycles. The molecule has 21 heavy (non-hydrogen) atoms. The first-order chi connectivity index (χ1) is 10.2. The highest BCUT2D eigenvalue weighted by molar-refractivity contribution is 6.31. The highest BCUT2D eigenvalue weighted by atomic mass is 35.5. The summed E-state index contributed by atoms with van der Waals surface area (Å²) in [4.78, 5) is 12.0. The molecule has 6 heteroatoms. The van der Waals surface area contributed by atoms with E-state index in [1.807, 2.05) is 29.1 Å². The van der Waals surface area contributed by atoms with Gasteiger partial charge in [0.15, 0.2) is 0 Å². The molecular formula is C15H16ClN3O2. The second-order valence-electron chi connectivity index (χ2n) is 5.04. The quantitative estimate of drug-likeness (QED) is 0.945. The average molecular weight is 306 g/mol. The van der Waals surface area contributed by atoms with Crippen LogP contribution in [0, 0.1) is 0 Å². The Morgan fingerprint density at radius 3 is 3.10 bits per heavy atom. The summed E-state index contributed by atoms with van der Waals surface area (Å²) in [5, 5.41) is 7.71. The van der Waals surface area contributed by atoms with Crippen molar-refractivity contribution in [3.63, 3.8) is 0 Å². The summed E-state index contributed by atoms with van der Waals surface area (Å²) in [5.41, 5.74) is 1.51. The van der Waals surface area contributed by atoms with Crippen molar-refractivity contribution in [1.82, 2.24) is 9.78 Å². The van der Waals surface area contributed by atoms with Crippen LogP contribution in [0.4, 0.5) is 5.69 Å². The zero-order valence-corrected chi connectivity index (χ0v) is 12.2. The number of ether oxygens (including phenoxy) is 1. The number of hydrogen-bond acceptors (Lipinski definition) is 3. The maximum absolute atomic E-state index is 12.0. The molecule has 1 aromatic heterocycles. The molecule has 1 aliphatic rings. The number of rotatable bonds is 4. The molecule has 1 aromatic carbocycles. The number of carbonyl (C=O) groups is 1. The molecule has 0 aliphatic carbocycles. The maximum Gasteiger partial charge on any atom is 0.228 e. The van der Waals surface area contributed by atoms with E-state index in [1.165, 1.54) is 0 Å². The van der Waals surface area contributed by atoms with E-state index in [1.54, 1.807) is 12.3 Å². The molecule has 0 bridgehead atoms. The van der Waals surface area contributed by atoms with Gasteiger partial charge in [-0.2, -0.15) is 5.10 Å². The molecule has 5 nitrogen and oxygen atoms in total. The summed E-state index contributed by atoms with van der Waals surface area (Å²) in [7, 11) is 0. The van der Waals surface area contributed by atoms with Crippen LogP contribution in [0.5, 0.6) is 0 Å². The number of aromatic nitrogens is 2. The van der Waals surface area contributed by atoms with Gasteiger partial charge >= 0.3 is 0 Å². The zero-order chi connectivity index (χ0) is 14.7. The lowest BCUT2D eigenvalue weighted by molar-refractivity contribution is -0.115. The van der Waals surface area contributed by atoms with Gasteiger partial charge in [-0.3, -0.25) is 9.48 Å². The Balaban J connectivity index is 1.61. The van der Waals surface area contributed by atoms with E-state index < -0.39 is 0 Å². The van der Waals surface area contributed by atoms with E-state index in [2.05, 4.69) is 10.4 Å². The van der Waals surface area contributed by atoms with Crippen molar-refractivity contribution in [2.45, 2.75) is 18.9 Å². The molecule has 1 N–H and O–H groups in total. The molecule has 1 atom stereocenters. The fraction of sp³-hybridized carbons (Fsp3) is 0.333. The lowest BCUT2D eigenvalue weighted by atomic mass is 10.1. The molecule has 110 valence electrons. The summed E-state index contributed by atoms with van der Waals surface area (Å²) in [5.74, 6) is -0.106. The van der Waals surface area contributed by atoms with Crippen molar-refractivity contribution < 1.29 is 9.53 Å². The Kier molecular flexibility index (Phi) is 4.22. The number of carbonyl (C=O) groups excluding carboxylic acids is 1. The van der Waals surface area contributed by atoms with Crippen LogP contribution in [-0.2, 0) is 16.0 Å². The van der Waals surface area contributed by atoms with Gasteiger partial charge in [-0.1, -0.05) is 29.8 Å². The molecule has 0 spiro atoms. The summed E-state index contributed by atoms with van der Waals surface area (Å²) >= 11 is 6.05. The molecule has 1 saturated heterocycles. The normalized spacial score (nSPS) is 17.9. The van der Waals surface area contributed by atoms with Gasteiger partial charge in [0.1, 0.15) is 0 Å². The van der Waals surface area contributed by atoms with E-state index in [0.717, 1.165) is 18.6 Å². The topological polar surface area (TPSA) is 56.2 Å². The highest BCUT2D eigenvalue weighted by Gasteiger charge is 2.18. The van der Waals surface area contributed by atoms with Crippen LogP contribution in [-0.4, -0.2) is 28.9 Å². The van der Waals surface area contributed by atoms with Crippen LogP contribution < -0.4 is 5.32 Å². The van der Waals surface area contributed by atoms with E-state index in [-0.39, 0.29) is 18.4 Å². The van der Waals surface area contributed by atoms with E-state index >= 15 is 0 Å². The Labute approximate surface area is 127 Å². The smallest absolute Gasteiger partial charge is 0.228 e. The SMILES string of the molecule is O=C(Cc1ccccc1Cl)Nc1cnn(C2CCOC2)c1. The summed E-state index contributed by atoms with van der Waals surface area (Å²) in [6, 6.07) is 7.60. The maximum atomic E-state index is 12.0. The lowest BCUT2D eigenvalue weighted by Gasteiger charge is -2.07. The second-order valence-corrected chi connectivity index (χ2v) is 5.45. The van der Waals surface area contributed by atoms with Gasteiger partial charge in [0, 0.05) is 17.8 Å². The number of nitrogens with zero attached hydrogens (tertiary/aromatic N) is 2. The molecule has 2 aromatic rings. The average Bonchev–Trinajstić information content (AvgIpc) is 3.12. The Hall–Kier alpha value is -1.85. The van der Waals surface area contributed by atoms with Gasteiger partial charge in [0.05, 0.1) is 31.0 Å². The van der Waals surface area contributed by atoms with Crippen LogP contribution >= 0.6 is 11.6 Å². The number of anilines is 1. The van der Waals surface area contributed by atoms with Crippen LogP contribution in [0.2, 0.25) is 5.02 Å². The first-order valence-corrected chi connectivity index (χ1v) is 7.25. The third kappa shape index (κ3) is 3.43. The Morgan fingerprint density at radius 1 is 1.48 bits per heavy atom. The van der Waals surface area contributed by atoms with E-state index in [0.29, 0.717) is 17.3 Å². The number of benzene rings is 1. The molecule has 1 fully saturated rings.